The van der Waals surface area contributed by atoms with Crippen molar-refractivity contribution in [2.75, 3.05) is 97.3 Å². The average molecular weight is 1420 g/mol. The Bertz CT molecular complexity index is 3140. The van der Waals surface area contributed by atoms with Crippen molar-refractivity contribution in [1.82, 2.24) is 20.0 Å². The van der Waals surface area contributed by atoms with Gasteiger partial charge in [-0.15, -0.1) is 0 Å². The molecule has 15 unspecified atom stereocenters. The van der Waals surface area contributed by atoms with E-state index in [9.17, 15) is 15.3 Å². The Morgan fingerprint density at radius 3 is 1.38 bits per heavy atom. The molecule has 3 saturated carbocycles. The number of fused-ring (bicyclic) bond motifs is 3. The van der Waals surface area contributed by atoms with Crippen molar-refractivity contribution in [2.24, 2.45) is 53.3 Å². The van der Waals surface area contributed by atoms with Crippen LogP contribution in [0.1, 0.15) is 174 Å². The van der Waals surface area contributed by atoms with Crippen molar-refractivity contribution in [3.8, 4) is 11.5 Å². The minimum atomic E-state index is -0.498. The number of aryl methyl sites for hydroxylation is 1. The normalized spacial score (nSPS) is 26.5. The maximum atomic E-state index is 10.6. The zero-order valence-electron chi connectivity index (χ0n) is 65.6. The van der Waals surface area contributed by atoms with Crippen LogP contribution in [0.5, 0.6) is 11.5 Å². The Labute approximate surface area is 623 Å². The van der Waals surface area contributed by atoms with Gasteiger partial charge in [0.1, 0.15) is 24.2 Å². The maximum Gasteiger partial charge on any atom is 0.119 e. The predicted molar refractivity (Wildman–Crippen MR) is 421 cm³/mol. The summed E-state index contributed by atoms with van der Waals surface area (Å²) in [4.78, 5) is 9.52. The molecule has 15 atom stereocenters. The molecule has 14 nitrogen and oxygen atoms in total. The summed E-state index contributed by atoms with van der Waals surface area (Å²) >= 11 is 0. The Hall–Kier alpha value is -4.94. The van der Waals surface area contributed by atoms with E-state index in [4.69, 9.17) is 28.4 Å². The van der Waals surface area contributed by atoms with Crippen molar-refractivity contribution < 1.29 is 43.7 Å². The lowest BCUT2D eigenvalue weighted by Gasteiger charge is -2.39. The molecular formula is C89H137N5O9. The van der Waals surface area contributed by atoms with E-state index in [0.29, 0.717) is 112 Å². The van der Waals surface area contributed by atoms with E-state index in [2.05, 4.69) is 204 Å². The highest BCUT2D eigenvalue weighted by atomic mass is 16.5. The minimum absolute atomic E-state index is 0.296. The number of β-amino-alcohol motifs (C(OH)–C–C–N with tert-alkyl or cyclic N) is 3. The largest absolute Gasteiger partial charge is 0.497 e. The summed E-state index contributed by atoms with van der Waals surface area (Å²) in [6.07, 6.45) is 16.1. The summed E-state index contributed by atoms with van der Waals surface area (Å²) < 4.78 is 35.8. The second-order valence-electron chi connectivity index (χ2n) is 33.3. The second-order valence-corrected chi connectivity index (χ2v) is 33.3. The first-order valence-electron chi connectivity index (χ1n) is 40.4. The minimum Gasteiger partial charge on any atom is -0.497 e. The highest BCUT2D eigenvalue weighted by molar-refractivity contribution is 5.55. The van der Waals surface area contributed by atoms with Crippen LogP contribution in [0.3, 0.4) is 0 Å². The van der Waals surface area contributed by atoms with Crippen LogP contribution in [0.25, 0.3) is 0 Å². The summed E-state index contributed by atoms with van der Waals surface area (Å²) in [7, 11) is 1.64. The first-order valence-corrected chi connectivity index (χ1v) is 40.4. The molecule has 3 aliphatic carbocycles. The number of methoxy groups -OCH3 is 1. The molecule has 5 aromatic rings. The van der Waals surface area contributed by atoms with Gasteiger partial charge >= 0.3 is 0 Å². The van der Waals surface area contributed by atoms with Crippen molar-refractivity contribution in [1.29, 1.82) is 0 Å². The van der Waals surface area contributed by atoms with Gasteiger partial charge in [-0.05, 0) is 195 Å². The van der Waals surface area contributed by atoms with Crippen LogP contribution < -0.4 is 19.7 Å². The number of ether oxygens (including phenoxy) is 6. The quantitative estimate of drug-likeness (QED) is 0.0396. The van der Waals surface area contributed by atoms with Gasteiger partial charge in [0, 0.05) is 90.3 Å². The number of hydrogen-bond donors (Lipinski definition) is 4. The Balaban J connectivity index is 0.000000160. The summed E-state index contributed by atoms with van der Waals surface area (Å²) in [5, 5.41) is 35.1. The zero-order chi connectivity index (χ0) is 73.2. The Morgan fingerprint density at radius 2 is 0.883 bits per heavy atom. The van der Waals surface area contributed by atoms with Crippen molar-refractivity contribution >= 4 is 5.69 Å². The van der Waals surface area contributed by atoms with Gasteiger partial charge in [0.25, 0.3) is 0 Å². The molecule has 0 amide bonds. The molecule has 4 fully saturated rings. The predicted octanol–water partition coefficient (Wildman–Crippen LogP) is 15.4. The molecule has 14 heteroatoms. The van der Waals surface area contributed by atoms with Crippen LogP contribution >= 0.6 is 0 Å². The van der Waals surface area contributed by atoms with Crippen LogP contribution in [0.15, 0.2) is 127 Å². The first-order chi connectivity index (χ1) is 49.7. The fourth-order valence-corrected chi connectivity index (χ4v) is 17.5. The number of aliphatic hydroxyl groups excluding tert-OH is 3. The van der Waals surface area contributed by atoms with Gasteiger partial charge < -0.3 is 54.0 Å². The van der Waals surface area contributed by atoms with Gasteiger partial charge in [-0.1, -0.05) is 179 Å². The zero-order valence-corrected chi connectivity index (χ0v) is 65.6. The smallest absolute Gasteiger partial charge is 0.119 e. The molecule has 4 heterocycles. The van der Waals surface area contributed by atoms with Gasteiger partial charge in [-0.25, -0.2) is 0 Å². The molecule has 0 spiro atoms. The fraction of sp³-hybridized carbons (Fsp3) is 0.663. The standard InChI is InChI=1S/C26H44N2O2.2C22H35NO2.C19H23NO3/c1-19(2)25-12-11-20(3)13-26(25)29-18-24(27-14-23-9-7-6-8-10-23)17-28-15-21(4)30-22(5)16-28;1-16(2)20-11-10-17(3)13-22(20)25-15-19(24)14-23-12-6-8-18-7-4-5-9-21(18)23;1-16(2)21-9-8-17(3)12-22(21)25-15-20(24)14-23-11-10-18-6-4-5-7-19(18)13-23;1-22-18-6-8-19(9-7-18)23-14-17(21)13-20-11-10-15-4-2-3-5-16(15)12-20/h6-10,19-22,24-27H,11-18H2,1-5H3;4-5,7,9,16-17,19-20,22,24H,6,8,10-15H2,1-3H3;4-7,16-17,20-22,24H,8-15H2,1-3H3;2-9,17,21H,10-14H2,1H3. The number of aliphatic hydroxyl groups is 3. The highest BCUT2D eigenvalue weighted by Crippen LogP contribution is 2.39. The van der Waals surface area contributed by atoms with E-state index in [-0.39, 0.29) is 0 Å². The molecule has 1 saturated heterocycles. The lowest BCUT2D eigenvalue weighted by molar-refractivity contribution is -0.0788. The van der Waals surface area contributed by atoms with E-state index in [1.54, 1.807) is 7.11 Å². The fourth-order valence-electron chi connectivity index (χ4n) is 17.5. The van der Waals surface area contributed by atoms with E-state index in [1.807, 2.05) is 24.3 Å². The summed E-state index contributed by atoms with van der Waals surface area (Å²) in [5.74, 6) is 7.79. The van der Waals surface area contributed by atoms with Gasteiger partial charge in [0.2, 0.25) is 0 Å². The molecule has 103 heavy (non-hydrogen) atoms. The van der Waals surface area contributed by atoms with E-state index in [1.165, 1.54) is 90.4 Å². The van der Waals surface area contributed by atoms with E-state index in [0.717, 1.165) is 127 Å². The van der Waals surface area contributed by atoms with Crippen LogP contribution in [0, 0.1) is 53.3 Å². The van der Waals surface area contributed by atoms with Crippen molar-refractivity contribution in [3.05, 3.63) is 161 Å². The molecule has 0 bridgehead atoms. The molecule has 12 rings (SSSR count). The van der Waals surface area contributed by atoms with Crippen LogP contribution in [0.4, 0.5) is 5.69 Å². The van der Waals surface area contributed by atoms with Gasteiger partial charge in [-0.2, -0.15) is 0 Å². The van der Waals surface area contributed by atoms with Gasteiger partial charge in [-0.3, -0.25) is 14.7 Å². The first kappa shape index (κ1) is 82.1. The number of rotatable bonds is 27. The topological polar surface area (TPSA) is 141 Å². The number of anilines is 1. The third-order valence-electron chi connectivity index (χ3n) is 23.3. The Kier molecular flexibility index (Phi) is 33.9. The number of nitrogens with zero attached hydrogens (tertiary/aromatic N) is 4. The lowest BCUT2D eigenvalue weighted by atomic mass is 9.75. The third kappa shape index (κ3) is 27.1. The molecule has 7 aliphatic rings. The molecule has 4 N–H and O–H groups in total. The monoisotopic (exact) mass is 1420 g/mol. The van der Waals surface area contributed by atoms with E-state index < -0.39 is 18.3 Å². The molecule has 572 valence electrons. The lowest BCUT2D eigenvalue weighted by Crippen LogP contribution is -2.52. The molecule has 4 aliphatic heterocycles. The van der Waals surface area contributed by atoms with Gasteiger partial charge in [0.15, 0.2) is 0 Å². The number of benzene rings is 5. The third-order valence-corrected chi connectivity index (χ3v) is 23.3. The van der Waals surface area contributed by atoms with Crippen LogP contribution in [0.2, 0.25) is 0 Å². The molecule has 5 aromatic carbocycles. The van der Waals surface area contributed by atoms with Crippen molar-refractivity contribution in [2.45, 2.75) is 234 Å². The number of para-hydroxylation sites is 1. The summed E-state index contributed by atoms with van der Waals surface area (Å²) in [6, 6.07) is 44.2. The maximum absolute atomic E-state index is 10.6. The second kappa shape index (κ2) is 42.6. The van der Waals surface area contributed by atoms with Crippen molar-refractivity contribution in [3.63, 3.8) is 0 Å². The summed E-state index contributed by atoms with van der Waals surface area (Å²) in [5.41, 5.74) is 9.68. The van der Waals surface area contributed by atoms with Crippen LogP contribution in [-0.2, 0) is 57.8 Å². The molecule has 0 radical (unpaired) electrons. The van der Waals surface area contributed by atoms with Crippen LogP contribution in [-0.4, -0.2) is 177 Å². The number of hydrogen-bond acceptors (Lipinski definition) is 14. The number of nitrogens with one attached hydrogen (secondary N) is 1. The average Bonchev–Trinajstić information content (AvgIpc) is 0.843. The Morgan fingerprint density at radius 1 is 0.447 bits per heavy atom. The van der Waals surface area contributed by atoms with E-state index >= 15 is 0 Å². The summed E-state index contributed by atoms with van der Waals surface area (Å²) in [6.45, 7) is 38.2. The SMILES string of the molecule is CC1CCC(C(C)C)C(OCC(CN2CC(C)OC(C)C2)NCc2ccccc2)C1.CC1CCC(C(C)C)C(OCC(O)CN2CCCc3ccccc32)C1.CC1CCC(C(C)C)C(OCC(O)CN2CCc3ccccc3C2)C1.COc1ccc(OCC(O)CN2CCc3ccccc3C2)cc1. The highest BCUT2D eigenvalue weighted by Gasteiger charge is 2.36. The molecule has 0 aromatic heterocycles. The molecular weight excluding hydrogens is 1280 g/mol. The number of morpholine rings is 1. The van der Waals surface area contributed by atoms with Gasteiger partial charge in [0.05, 0.1) is 69.7 Å².